The highest BCUT2D eigenvalue weighted by molar-refractivity contribution is 5.95. The van der Waals surface area contributed by atoms with E-state index >= 15 is 0 Å². The Balaban J connectivity index is 3.14. The van der Waals surface area contributed by atoms with Crippen LogP contribution in [0, 0.1) is 11.6 Å². The van der Waals surface area contributed by atoms with Crippen LogP contribution in [0.2, 0.25) is 0 Å². The third kappa shape index (κ3) is 1.99. The van der Waals surface area contributed by atoms with Crippen molar-refractivity contribution in [1.29, 1.82) is 0 Å². The zero-order chi connectivity index (χ0) is 10.7. The molecule has 0 aliphatic carbocycles. The van der Waals surface area contributed by atoms with Crippen LogP contribution in [0.1, 0.15) is 17.3 Å². The number of esters is 1. The number of anilines is 1. The maximum Gasteiger partial charge on any atom is 0.343 e. The van der Waals surface area contributed by atoms with Gasteiger partial charge in [-0.25, -0.2) is 13.6 Å². The zero-order valence-electron chi connectivity index (χ0n) is 7.51. The number of hydrogen-bond donors (Lipinski definition) is 1. The summed E-state index contributed by atoms with van der Waals surface area (Å²) in [5.74, 6) is -2.73. The molecule has 0 atom stereocenters. The molecule has 0 saturated carbocycles. The smallest absolute Gasteiger partial charge is 0.343 e. The molecule has 76 valence electrons. The molecule has 0 aliphatic rings. The van der Waals surface area contributed by atoms with Gasteiger partial charge in [-0.1, -0.05) is 0 Å². The predicted octanol–water partition coefficient (Wildman–Crippen LogP) is 1.72. The molecule has 2 N–H and O–H groups in total. The topological polar surface area (TPSA) is 52.3 Å². The minimum absolute atomic E-state index is 0.106. The Labute approximate surface area is 79.5 Å². The summed E-state index contributed by atoms with van der Waals surface area (Å²) in [4.78, 5) is 11.1. The number of nitrogens with two attached hydrogens (primary N) is 1. The molecular weight excluding hydrogens is 192 g/mol. The van der Waals surface area contributed by atoms with Crippen molar-refractivity contribution < 1.29 is 18.3 Å². The van der Waals surface area contributed by atoms with Crippen molar-refractivity contribution in [3.63, 3.8) is 0 Å². The van der Waals surface area contributed by atoms with Crippen LogP contribution in [0.3, 0.4) is 0 Å². The van der Waals surface area contributed by atoms with E-state index in [1.54, 1.807) is 6.92 Å². The second-order valence-electron chi connectivity index (χ2n) is 2.57. The molecule has 1 aromatic carbocycles. The SMILES string of the molecule is CCOC(=O)c1c(N)cc(F)cc1F. The van der Waals surface area contributed by atoms with Gasteiger partial charge in [0.2, 0.25) is 0 Å². The Hall–Kier alpha value is -1.65. The van der Waals surface area contributed by atoms with Gasteiger partial charge >= 0.3 is 5.97 Å². The van der Waals surface area contributed by atoms with E-state index < -0.39 is 23.2 Å². The molecule has 1 rings (SSSR count). The van der Waals surface area contributed by atoms with Gasteiger partial charge in [0, 0.05) is 6.07 Å². The molecule has 0 heterocycles. The van der Waals surface area contributed by atoms with Gasteiger partial charge in [0.1, 0.15) is 17.2 Å². The fourth-order valence-corrected chi connectivity index (χ4v) is 1.01. The third-order valence-corrected chi connectivity index (χ3v) is 1.57. The summed E-state index contributed by atoms with van der Waals surface area (Å²) in [5.41, 5.74) is 4.59. The van der Waals surface area contributed by atoms with Crippen molar-refractivity contribution in [3.05, 3.63) is 29.3 Å². The Bertz CT molecular complexity index is 343. The van der Waals surface area contributed by atoms with Crippen LogP contribution in [0.15, 0.2) is 12.1 Å². The summed E-state index contributed by atoms with van der Waals surface area (Å²) in [5, 5.41) is 0. The maximum atomic E-state index is 13.1. The fourth-order valence-electron chi connectivity index (χ4n) is 1.01. The molecule has 0 radical (unpaired) electrons. The summed E-state index contributed by atoms with van der Waals surface area (Å²) in [6, 6.07) is 1.46. The number of carbonyl (C=O) groups is 1. The minimum Gasteiger partial charge on any atom is -0.462 e. The van der Waals surface area contributed by atoms with E-state index in [4.69, 9.17) is 5.73 Å². The summed E-state index contributed by atoms with van der Waals surface area (Å²) in [6.45, 7) is 1.69. The van der Waals surface area contributed by atoms with Gasteiger partial charge in [-0.15, -0.1) is 0 Å². The average molecular weight is 201 g/mol. The van der Waals surface area contributed by atoms with E-state index in [0.717, 1.165) is 6.07 Å². The predicted molar refractivity (Wildman–Crippen MR) is 46.7 cm³/mol. The first-order chi connectivity index (χ1) is 6.56. The summed E-state index contributed by atoms with van der Waals surface area (Å²) in [7, 11) is 0. The molecule has 0 aromatic heterocycles. The number of hydrogen-bond acceptors (Lipinski definition) is 3. The van der Waals surface area contributed by atoms with Gasteiger partial charge in [-0.05, 0) is 13.0 Å². The Morgan fingerprint density at radius 3 is 2.64 bits per heavy atom. The minimum atomic E-state index is -1.01. The molecule has 0 bridgehead atoms. The molecule has 0 aliphatic heterocycles. The second-order valence-corrected chi connectivity index (χ2v) is 2.57. The van der Waals surface area contributed by atoms with E-state index in [0.29, 0.717) is 6.07 Å². The highest BCUT2D eigenvalue weighted by atomic mass is 19.1. The lowest BCUT2D eigenvalue weighted by atomic mass is 10.1. The molecule has 0 spiro atoms. The number of ether oxygens (including phenoxy) is 1. The van der Waals surface area contributed by atoms with Gasteiger partial charge in [0.25, 0.3) is 0 Å². The van der Waals surface area contributed by atoms with Gasteiger partial charge in [0.15, 0.2) is 0 Å². The van der Waals surface area contributed by atoms with E-state index in [9.17, 15) is 13.6 Å². The zero-order valence-corrected chi connectivity index (χ0v) is 7.51. The van der Waals surface area contributed by atoms with Crippen LogP contribution in [0.4, 0.5) is 14.5 Å². The van der Waals surface area contributed by atoms with E-state index in [-0.39, 0.29) is 12.3 Å². The second kappa shape index (κ2) is 4.04. The van der Waals surface area contributed by atoms with Crippen LogP contribution in [-0.4, -0.2) is 12.6 Å². The largest absolute Gasteiger partial charge is 0.462 e. The standard InChI is InChI=1S/C9H9F2NO2/c1-2-14-9(13)8-6(11)3-5(10)4-7(8)12/h3-4H,2,12H2,1H3. The summed E-state index contributed by atoms with van der Waals surface area (Å²) < 4.78 is 30.2. The monoisotopic (exact) mass is 201 g/mol. The molecule has 0 amide bonds. The normalized spacial score (nSPS) is 9.93. The lowest BCUT2D eigenvalue weighted by molar-refractivity contribution is 0.0522. The molecule has 5 heteroatoms. The third-order valence-electron chi connectivity index (χ3n) is 1.57. The maximum absolute atomic E-state index is 13.1. The van der Waals surface area contributed by atoms with Crippen LogP contribution >= 0.6 is 0 Å². The highest BCUT2D eigenvalue weighted by Crippen LogP contribution is 2.18. The highest BCUT2D eigenvalue weighted by Gasteiger charge is 2.17. The average Bonchev–Trinajstić information content (AvgIpc) is 2.01. The van der Waals surface area contributed by atoms with Gasteiger partial charge < -0.3 is 10.5 Å². The summed E-state index contributed by atoms with van der Waals surface area (Å²) in [6.07, 6.45) is 0. The molecular formula is C9H9F2NO2. The molecule has 0 unspecified atom stereocenters. The van der Waals surface area contributed by atoms with Crippen molar-refractivity contribution in [2.24, 2.45) is 0 Å². The number of carbonyl (C=O) groups excluding carboxylic acids is 1. The Morgan fingerprint density at radius 2 is 2.14 bits per heavy atom. The number of benzene rings is 1. The number of halogens is 2. The van der Waals surface area contributed by atoms with Crippen molar-refractivity contribution in [2.45, 2.75) is 6.92 Å². The van der Waals surface area contributed by atoms with Gasteiger partial charge in [-0.3, -0.25) is 0 Å². The van der Waals surface area contributed by atoms with Crippen molar-refractivity contribution in [2.75, 3.05) is 12.3 Å². The Morgan fingerprint density at radius 1 is 1.50 bits per heavy atom. The lowest BCUT2D eigenvalue weighted by Gasteiger charge is -2.06. The first kappa shape index (κ1) is 10.4. The van der Waals surface area contributed by atoms with E-state index in [1.807, 2.05) is 0 Å². The van der Waals surface area contributed by atoms with Crippen LogP contribution in [0.25, 0.3) is 0 Å². The first-order valence-electron chi connectivity index (χ1n) is 3.98. The lowest BCUT2D eigenvalue weighted by Crippen LogP contribution is -2.11. The molecule has 1 aromatic rings. The van der Waals surface area contributed by atoms with Gasteiger partial charge in [0.05, 0.1) is 12.3 Å². The molecule has 3 nitrogen and oxygen atoms in total. The van der Waals surface area contributed by atoms with Gasteiger partial charge in [-0.2, -0.15) is 0 Å². The number of nitrogen functional groups attached to an aromatic ring is 1. The first-order valence-corrected chi connectivity index (χ1v) is 3.98. The molecule has 14 heavy (non-hydrogen) atoms. The Kier molecular flexibility index (Phi) is 3.01. The fraction of sp³-hybridized carbons (Fsp3) is 0.222. The van der Waals surface area contributed by atoms with Crippen LogP contribution in [-0.2, 0) is 4.74 Å². The molecule has 0 fully saturated rings. The van der Waals surface area contributed by atoms with Crippen molar-refractivity contribution in [3.8, 4) is 0 Å². The van der Waals surface area contributed by atoms with Crippen LogP contribution < -0.4 is 5.73 Å². The van der Waals surface area contributed by atoms with Crippen LogP contribution in [0.5, 0.6) is 0 Å². The van der Waals surface area contributed by atoms with Crippen molar-refractivity contribution >= 4 is 11.7 Å². The summed E-state index contributed by atoms with van der Waals surface area (Å²) >= 11 is 0. The number of rotatable bonds is 2. The van der Waals surface area contributed by atoms with Crippen molar-refractivity contribution in [1.82, 2.24) is 0 Å². The van der Waals surface area contributed by atoms with E-state index in [1.165, 1.54) is 0 Å². The molecule has 0 saturated heterocycles. The quantitative estimate of drug-likeness (QED) is 0.585. The van der Waals surface area contributed by atoms with E-state index in [2.05, 4.69) is 4.74 Å².